The van der Waals surface area contributed by atoms with Crippen molar-refractivity contribution in [1.29, 1.82) is 0 Å². The molecular formula is C17H12F2N6O2S. The Labute approximate surface area is 160 Å². The molecule has 4 aromatic rings. The molecule has 1 N–H and O–H groups in total. The third kappa shape index (κ3) is 3.56. The Morgan fingerprint density at radius 2 is 1.96 bits per heavy atom. The van der Waals surface area contributed by atoms with Crippen molar-refractivity contribution in [1.82, 2.24) is 25.1 Å². The first-order chi connectivity index (χ1) is 13.5. The number of benzene rings is 2. The highest BCUT2D eigenvalue weighted by Gasteiger charge is 2.15. The molecule has 0 atom stereocenters. The Morgan fingerprint density at radius 3 is 2.79 bits per heavy atom. The minimum Gasteiger partial charge on any atom is -0.323 e. The van der Waals surface area contributed by atoms with Crippen LogP contribution in [0.5, 0.6) is 0 Å². The molecule has 0 aliphatic rings. The summed E-state index contributed by atoms with van der Waals surface area (Å²) in [7, 11) is 1.76. The fourth-order valence-corrected chi connectivity index (χ4v) is 3.23. The Hall–Kier alpha value is -3.34. The Bertz CT molecular complexity index is 1180. The van der Waals surface area contributed by atoms with Crippen LogP contribution in [-0.2, 0) is 11.8 Å². The van der Waals surface area contributed by atoms with E-state index in [0.29, 0.717) is 28.1 Å². The average Bonchev–Trinajstić information content (AvgIpc) is 3.28. The van der Waals surface area contributed by atoms with Gasteiger partial charge in [-0.25, -0.2) is 13.4 Å². The maximum Gasteiger partial charge on any atom is 0.234 e. The fourth-order valence-electron chi connectivity index (χ4n) is 2.52. The van der Waals surface area contributed by atoms with Gasteiger partial charge in [-0.2, -0.15) is 0 Å². The minimum absolute atomic E-state index is 0.0188. The van der Waals surface area contributed by atoms with Crippen molar-refractivity contribution in [3.05, 3.63) is 48.0 Å². The number of nitrogens with one attached hydrogen (secondary N) is 1. The van der Waals surface area contributed by atoms with Gasteiger partial charge in [-0.05, 0) is 40.6 Å². The normalized spacial score (nSPS) is 11.1. The smallest absolute Gasteiger partial charge is 0.234 e. The van der Waals surface area contributed by atoms with Crippen LogP contribution in [0.25, 0.3) is 22.4 Å². The molecule has 0 saturated heterocycles. The molecule has 0 aliphatic heterocycles. The Kier molecular flexibility index (Phi) is 4.74. The van der Waals surface area contributed by atoms with Gasteiger partial charge in [0, 0.05) is 18.7 Å². The second kappa shape index (κ2) is 7.35. The number of fused-ring (bicyclic) bond motifs is 1. The number of hydrogen-bond acceptors (Lipinski definition) is 7. The lowest BCUT2D eigenvalue weighted by Crippen LogP contribution is -2.15. The molecule has 4 rings (SSSR count). The van der Waals surface area contributed by atoms with E-state index in [0.717, 1.165) is 23.4 Å². The van der Waals surface area contributed by atoms with Gasteiger partial charge >= 0.3 is 0 Å². The number of anilines is 1. The molecule has 0 spiro atoms. The van der Waals surface area contributed by atoms with Crippen LogP contribution in [-0.4, -0.2) is 36.7 Å². The lowest BCUT2D eigenvalue weighted by molar-refractivity contribution is -0.113. The SMILES string of the molecule is Cn1c(SCC(=O)Nc2ccc(F)cc2F)nnc1-c1ccc2nonc2c1. The van der Waals surface area contributed by atoms with Crippen molar-refractivity contribution in [2.75, 3.05) is 11.1 Å². The number of amides is 1. The van der Waals surface area contributed by atoms with Gasteiger partial charge in [-0.3, -0.25) is 4.79 Å². The maximum atomic E-state index is 13.6. The third-order valence-electron chi connectivity index (χ3n) is 3.88. The van der Waals surface area contributed by atoms with Crippen LogP contribution in [0.2, 0.25) is 0 Å². The summed E-state index contributed by atoms with van der Waals surface area (Å²) in [6, 6.07) is 8.29. The van der Waals surface area contributed by atoms with Crippen molar-refractivity contribution in [2.24, 2.45) is 7.05 Å². The molecule has 142 valence electrons. The van der Waals surface area contributed by atoms with Gasteiger partial charge in [0.25, 0.3) is 0 Å². The summed E-state index contributed by atoms with van der Waals surface area (Å²) in [6.45, 7) is 0. The van der Waals surface area contributed by atoms with Crippen LogP contribution < -0.4 is 5.32 Å². The van der Waals surface area contributed by atoms with E-state index in [1.54, 1.807) is 23.7 Å². The van der Waals surface area contributed by atoms with Gasteiger partial charge in [-0.15, -0.1) is 10.2 Å². The first kappa shape index (κ1) is 18.0. The van der Waals surface area contributed by atoms with E-state index in [4.69, 9.17) is 0 Å². The lowest BCUT2D eigenvalue weighted by atomic mass is 10.2. The minimum atomic E-state index is -0.836. The first-order valence-corrected chi connectivity index (χ1v) is 8.99. The number of carbonyl (C=O) groups is 1. The number of hydrogen-bond donors (Lipinski definition) is 1. The predicted molar refractivity (Wildman–Crippen MR) is 97.5 cm³/mol. The van der Waals surface area contributed by atoms with Gasteiger partial charge in [0.15, 0.2) is 11.0 Å². The van der Waals surface area contributed by atoms with Gasteiger partial charge in [0.05, 0.1) is 11.4 Å². The summed E-state index contributed by atoms with van der Waals surface area (Å²) in [6.07, 6.45) is 0. The number of rotatable bonds is 5. The standard InChI is InChI=1S/C17H12F2N6O2S/c1-25-16(9-2-4-13-14(6-9)24-27-23-13)21-22-17(25)28-8-15(26)20-12-5-3-10(18)7-11(12)19/h2-7H,8H2,1H3,(H,20,26). The second-order valence-corrected chi connectivity index (χ2v) is 6.74. The Balaban J connectivity index is 1.45. The molecule has 0 aliphatic carbocycles. The Morgan fingerprint density at radius 1 is 1.14 bits per heavy atom. The van der Waals surface area contributed by atoms with Crippen molar-refractivity contribution in [3.8, 4) is 11.4 Å². The van der Waals surface area contributed by atoms with Crippen LogP contribution in [0.1, 0.15) is 0 Å². The molecule has 8 nitrogen and oxygen atoms in total. The quantitative estimate of drug-likeness (QED) is 0.512. The molecular weight excluding hydrogens is 390 g/mol. The monoisotopic (exact) mass is 402 g/mol. The van der Waals surface area contributed by atoms with Crippen LogP contribution in [0.15, 0.2) is 46.2 Å². The summed E-state index contributed by atoms with van der Waals surface area (Å²) in [5.41, 5.74) is 1.91. The van der Waals surface area contributed by atoms with Crippen LogP contribution >= 0.6 is 11.8 Å². The second-order valence-electron chi connectivity index (χ2n) is 5.79. The highest BCUT2D eigenvalue weighted by atomic mass is 32.2. The number of thioether (sulfide) groups is 1. The van der Waals surface area contributed by atoms with Gasteiger partial charge < -0.3 is 9.88 Å². The molecule has 0 unspecified atom stereocenters. The fraction of sp³-hybridized carbons (Fsp3) is 0.118. The molecule has 11 heteroatoms. The molecule has 2 aromatic carbocycles. The van der Waals surface area contributed by atoms with E-state index in [1.807, 2.05) is 6.07 Å². The third-order valence-corrected chi connectivity index (χ3v) is 4.90. The number of aromatic nitrogens is 5. The van der Waals surface area contributed by atoms with Crippen molar-refractivity contribution in [3.63, 3.8) is 0 Å². The van der Waals surface area contributed by atoms with E-state index in [-0.39, 0.29) is 11.4 Å². The largest absolute Gasteiger partial charge is 0.323 e. The van der Waals surface area contributed by atoms with Gasteiger partial charge in [0.1, 0.15) is 22.7 Å². The highest BCUT2D eigenvalue weighted by molar-refractivity contribution is 7.99. The molecule has 0 bridgehead atoms. The van der Waals surface area contributed by atoms with E-state index in [2.05, 4.69) is 30.5 Å². The zero-order valence-corrected chi connectivity index (χ0v) is 15.2. The zero-order valence-electron chi connectivity index (χ0n) is 14.4. The van der Waals surface area contributed by atoms with E-state index in [1.165, 1.54) is 6.07 Å². The first-order valence-electron chi connectivity index (χ1n) is 8.01. The van der Waals surface area contributed by atoms with Gasteiger partial charge in [0.2, 0.25) is 5.91 Å². The van der Waals surface area contributed by atoms with Crippen molar-refractivity contribution >= 4 is 34.4 Å². The van der Waals surface area contributed by atoms with Crippen molar-refractivity contribution < 1.29 is 18.2 Å². The number of halogens is 2. The average molecular weight is 402 g/mol. The van der Waals surface area contributed by atoms with E-state index >= 15 is 0 Å². The molecule has 0 saturated carbocycles. The van der Waals surface area contributed by atoms with E-state index in [9.17, 15) is 13.6 Å². The van der Waals surface area contributed by atoms with Crippen LogP contribution in [0.4, 0.5) is 14.5 Å². The maximum absolute atomic E-state index is 13.6. The number of nitrogens with zero attached hydrogens (tertiary/aromatic N) is 5. The summed E-state index contributed by atoms with van der Waals surface area (Å²) >= 11 is 1.14. The zero-order chi connectivity index (χ0) is 19.7. The van der Waals surface area contributed by atoms with Crippen LogP contribution in [0.3, 0.4) is 0 Å². The molecule has 2 heterocycles. The molecule has 0 fully saturated rings. The molecule has 28 heavy (non-hydrogen) atoms. The number of carbonyl (C=O) groups excluding carboxylic acids is 1. The van der Waals surface area contributed by atoms with Crippen LogP contribution in [0, 0.1) is 11.6 Å². The summed E-state index contributed by atoms with van der Waals surface area (Å²) < 4.78 is 32.9. The summed E-state index contributed by atoms with van der Waals surface area (Å²) in [4.78, 5) is 12.1. The summed E-state index contributed by atoms with van der Waals surface area (Å²) in [5.74, 6) is -1.43. The van der Waals surface area contributed by atoms with E-state index < -0.39 is 17.5 Å². The molecule has 1 amide bonds. The molecule has 0 radical (unpaired) electrons. The topological polar surface area (TPSA) is 98.7 Å². The highest BCUT2D eigenvalue weighted by Crippen LogP contribution is 2.25. The lowest BCUT2D eigenvalue weighted by Gasteiger charge is -2.06. The molecule has 2 aromatic heterocycles. The van der Waals surface area contributed by atoms with Crippen molar-refractivity contribution in [2.45, 2.75) is 5.16 Å². The summed E-state index contributed by atoms with van der Waals surface area (Å²) in [5, 5.41) is 18.7. The predicted octanol–water partition coefficient (Wildman–Crippen LogP) is 3.03. The van der Waals surface area contributed by atoms with Gasteiger partial charge in [-0.1, -0.05) is 11.8 Å².